The van der Waals surface area contributed by atoms with Crippen molar-refractivity contribution in [2.45, 2.75) is 31.7 Å². The highest BCUT2D eigenvalue weighted by Crippen LogP contribution is 2.24. The van der Waals surface area contributed by atoms with Crippen molar-refractivity contribution in [2.75, 3.05) is 0 Å². The molecule has 0 saturated heterocycles. The minimum absolute atomic E-state index is 0.00297. The second kappa shape index (κ2) is 4.88. The molecule has 0 radical (unpaired) electrons. The predicted molar refractivity (Wildman–Crippen MR) is 68.6 cm³/mol. The molecule has 5 nitrogen and oxygen atoms in total. The third kappa shape index (κ3) is 2.14. The number of nitrogens with one attached hydrogen (secondary N) is 2. The Bertz CT molecular complexity index is 520. The molecule has 0 amide bonds. The number of hydrazine groups is 1. The van der Waals surface area contributed by atoms with Crippen molar-refractivity contribution in [2.24, 2.45) is 5.84 Å². The summed E-state index contributed by atoms with van der Waals surface area (Å²) in [4.78, 5) is 0. The first-order valence-corrected chi connectivity index (χ1v) is 6.29. The maximum atomic E-state index is 5.59. The van der Waals surface area contributed by atoms with Crippen LogP contribution >= 0.6 is 0 Å². The first-order valence-electron chi connectivity index (χ1n) is 6.29. The Morgan fingerprint density at radius 2 is 2.22 bits per heavy atom. The van der Waals surface area contributed by atoms with Gasteiger partial charge in [0.15, 0.2) is 0 Å². The van der Waals surface area contributed by atoms with E-state index >= 15 is 0 Å². The zero-order valence-electron chi connectivity index (χ0n) is 10.2. The van der Waals surface area contributed by atoms with Gasteiger partial charge < -0.3 is 0 Å². The lowest BCUT2D eigenvalue weighted by atomic mass is 10.00. The van der Waals surface area contributed by atoms with Crippen LogP contribution in [0.5, 0.6) is 0 Å². The molecule has 3 rings (SSSR count). The van der Waals surface area contributed by atoms with E-state index in [9.17, 15) is 0 Å². The van der Waals surface area contributed by atoms with E-state index in [-0.39, 0.29) is 6.04 Å². The van der Waals surface area contributed by atoms with Gasteiger partial charge in [-0.1, -0.05) is 18.2 Å². The van der Waals surface area contributed by atoms with Crippen LogP contribution in [0.25, 0.3) is 0 Å². The molecule has 1 heterocycles. The lowest BCUT2D eigenvalue weighted by Crippen LogP contribution is -2.29. The van der Waals surface area contributed by atoms with Gasteiger partial charge in [-0.25, -0.2) is 0 Å². The van der Waals surface area contributed by atoms with E-state index in [1.54, 1.807) is 6.20 Å². The number of aryl methyl sites for hydroxylation is 2. The van der Waals surface area contributed by atoms with Gasteiger partial charge in [0, 0.05) is 0 Å². The molecule has 5 heteroatoms. The number of fused-ring (bicyclic) bond motifs is 1. The standard InChI is InChI=1S/C13H17N5/c14-16-12(13-8-15-18-17-13)7-9-4-5-10-2-1-3-11(10)6-9/h4-6,8,12,16H,1-3,7,14H2,(H,15,17,18). The van der Waals surface area contributed by atoms with Crippen LogP contribution < -0.4 is 11.3 Å². The third-order valence-electron chi connectivity index (χ3n) is 3.59. The average Bonchev–Trinajstić information content (AvgIpc) is 3.06. The highest BCUT2D eigenvalue weighted by molar-refractivity contribution is 5.35. The molecule has 1 atom stereocenters. The predicted octanol–water partition coefficient (Wildman–Crippen LogP) is 1.04. The topological polar surface area (TPSA) is 79.6 Å². The average molecular weight is 243 g/mol. The fraction of sp³-hybridized carbons (Fsp3) is 0.385. The van der Waals surface area contributed by atoms with Gasteiger partial charge in [-0.2, -0.15) is 15.4 Å². The molecule has 1 unspecified atom stereocenters. The van der Waals surface area contributed by atoms with Crippen LogP contribution in [-0.2, 0) is 19.3 Å². The van der Waals surface area contributed by atoms with Gasteiger partial charge in [-0.05, 0) is 42.4 Å². The number of rotatable bonds is 4. The monoisotopic (exact) mass is 243 g/mol. The highest BCUT2D eigenvalue weighted by atomic mass is 15.3. The van der Waals surface area contributed by atoms with E-state index in [1.165, 1.54) is 36.0 Å². The van der Waals surface area contributed by atoms with E-state index < -0.39 is 0 Å². The zero-order valence-corrected chi connectivity index (χ0v) is 10.2. The van der Waals surface area contributed by atoms with Crippen molar-refractivity contribution < 1.29 is 0 Å². The number of aromatic amines is 1. The minimum atomic E-state index is 0.00297. The molecule has 0 saturated carbocycles. The molecule has 1 aromatic heterocycles. The molecule has 2 aromatic rings. The van der Waals surface area contributed by atoms with Crippen molar-refractivity contribution >= 4 is 0 Å². The number of hydrogen-bond acceptors (Lipinski definition) is 4. The van der Waals surface area contributed by atoms with Gasteiger partial charge in [0.1, 0.15) is 5.69 Å². The summed E-state index contributed by atoms with van der Waals surface area (Å²) < 4.78 is 0. The van der Waals surface area contributed by atoms with Crippen LogP contribution in [0.1, 0.15) is 34.8 Å². The summed E-state index contributed by atoms with van der Waals surface area (Å²) in [6, 6.07) is 6.73. The summed E-state index contributed by atoms with van der Waals surface area (Å²) in [5.41, 5.74) is 7.92. The van der Waals surface area contributed by atoms with Crippen LogP contribution in [-0.4, -0.2) is 15.4 Å². The van der Waals surface area contributed by atoms with Crippen molar-refractivity contribution in [3.63, 3.8) is 0 Å². The maximum Gasteiger partial charge on any atom is 0.101 e. The molecule has 0 spiro atoms. The smallest absolute Gasteiger partial charge is 0.101 e. The van der Waals surface area contributed by atoms with Gasteiger partial charge >= 0.3 is 0 Å². The Morgan fingerprint density at radius 3 is 3.00 bits per heavy atom. The van der Waals surface area contributed by atoms with E-state index in [0.29, 0.717) is 0 Å². The number of hydrogen-bond donors (Lipinski definition) is 3. The normalized spacial score (nSPS) is 15.6. The van der Waals surface area contributed by atoms with Crippen molar-refractivity contribution in [1.82, 2.24) is 20.8 Å². The van der Waals surface area contributed by atoms with Gasteiger partial charge in [0.25, 0.3) is 0 Å². The molecular formula is C13H17N5. The molecule has 0 bridgehead atoms. The Labute approximate surface area is 106 Å². The molecular weight excluding hydrogens is 226 g/mol. The van der Waals surface area contributed by atoms with Gasteiger partial charge in [0.05, 0.1) is 12.2 Å². The molecule has 18 heavy (non-hydrogen) atoms. The summed E-state index contributed by atoms with van der Waals surface area (Å²) in [6.07, 6.45) is 6.24. The fourth-order valence-corrected chi connectivity index (χ4v) is 2.62. The molecule has 4 N–H and O–H groups in total. The SMILES string of the molecule is NNC(Cc1ccc2c(c1)CCC2)c1cn[nH]n1. The van der Waals surface area contributed by atoms with Crippen molar-refractivity contribution in [1.29, 1.82) is 0 Å². The summed E-state index contributed by atoms with van der Waals surface area (Å²) in [5.74, 6) is 5.59. The van der Waals surface area contributed by atoms with Gasteiger partial charge in [0.2, 0.25) is 0 Å². The van der Waals surface area contributed by atoms with Crippen LogP contribution in [0.2, 0.25) is 0 Å². The van der Waals surface area contributed by atoms with E-state index in [1.807, 2.05) is 0 Å². The first kappa shape index (κ1) is 11.4. The van der Waals surface area contributed by atoms with Gasteiger partial charge in [-0.3, -0.25) is 11.3 Å². The van der Waals surface area contributed by atoms with Crippen molar-refractivity contribution in [3.05, 3.63) is 46.8 Å². The van der Waals surface area contributed by atoms with E-state index in [0.717, 1.165) is 12.1 Å². The van der Waals surface area contributed by atoms with Gasteiger partial charge in [-0.15, -0.1) is 0 Å². The second-order valence-electron chi connectivity index (χ2n) is 4.77. The van der Waals surface area contributed by atoms with Crippen LogP contribution in [0.15, 0.2) is 24.4 Å². The number of nitrogens with two attached hydrogens (primary N) is 1. The molecule has 1 aliphatic rings. The summed E-state index contributed by atoms with van der Waals surface area (Å²) in [7, 11) is 0. The number of benzene rings is 1. The highest BCUT2D eigenvalue weighted by Gasteiger charge is 2.15. The molecule has 1 aromatic carbocycles. The summed E-state index contributed by atoms with van der Waals surface area (Å²) in [5, 5.41) is 10.5. The summed E-state index contributed by atoms with van der Waals surface area (Å²) in [6.45, 7) is 0. The van der Waals surface area contributed by atoms with E-state index in [4.69, 9.17) is 5.84 Å². The summed E-state index contributed by atoms with van der Waals surface area (Å²) >= 11 is 0. The minimum Gasteiger partial charge on any atom is -0.271 e. The Hall–Kier alpha value is -1.72. The zero-order chi connectivity index (χ0) is 12.4. The second-order valence-corrected chi connectivity index (χ2v) is 4.77. The Balaban J connectivity index is 1.79. The molecule has 0 aliphatic heterocycles. The molecule has 1 aliphatic carbocycles. The first-order chi connectivity index (χ1) is 8.86. The van der Waals surface area contributed by atoms with E-state index in [2.05, 4.69) is 39.0 Å². The Morgan fingerprint density at radius 1 is 1.33 bits per heavy atom. The fourth-order valence-electron chi connectivity index (χ4n) is 2.62. The number of nitrogens with zero attached hydrogens (tertiary/aromatic N) is 2. The van der Waals surface area contributed by atoms with Crippen LogP contribution in [0, 0.1) is 0 Å². The number of aromatic nitrogens is 3. The maximum absolute atomic E-state index is 5.59. The third-order valence-corrected chi connectivity index (χ3v) is 3.59. The Kier molecular flexibility index (Phi) is 3.08. The molecule has 94 valence electrons. The number of H-pyrrole nitrogens is 1. The lowest BCUT2D eigenvalue weighted by Gasteiger charge is -2.13. The van der Waals surface area contributed by atoms with Crippen LogP contribution in [0.4, 0.5) is 0 Å². The lowest BCUT2D eigenvalue weighted by molar-refractivity contribution is 0.537. The quantitative estimate of drug-likeness (QED) is 0.553. The van der Waals surface area contributed by atoms with Crippen molar-refractivity contribution in [3.8, 4) is 0 Å². The van der Waals surface area contributed by atoms with Crippen LogP contribution in [0.3, 0.4) is 0 Å². The molecule has 0 fully saturated rings. The largest absolute Gasteiger partial charge is 0.271 e.